The van der Waals surface area contributed by atoms with Gasteiger partial charge in [-0.3, -0.25) is 19.2 Å². The fraction of sp³-hybridized carbons (Fsp3) is 0.633. The highest BCUT2D eigenvalue weighted by Crippen LogP contribution is 2.30. The van der Waals surface area contributed by atoms with Gasteiger partial charge in [0.05, 0.1) is 18.7 Å². The highest BCUT2D eigenvalue weighted by molar-refractivity contribution is 5.98. The first-order chi connectivity index (χ1) is 18.0. The van der Waals surface area contributed by atoms with Gasteiger partial charge in [0, 0.05) is 31.7 Å². The predicted molar refractivity (Wildman–Crippen MR) is 143 cm³/mol. The molecule has 4 atom stereocenters. The Bertz CT molecular complexity index is 1020. The third-order valence-electron chi connectivity index (χ3n) is 7.52. The van der Waals surface area contributed by atoms with Gasteiger partial charge < -0.3 is 19.7 Å². The molecule has 0 aliphatic carbocycles. The van der Waals surface area contributed by atoms with E-state index in [4.69, 9.17) is 4.74 Å². The monoisotopic (exact) mass is 526 g/mol. The van der Waals surface area contributed by atoms with E-state index in [0.29, 0.717) is 45.3 Å². The minimum atomic E-state index is -0.854. The molecule has 2 amide bonds. The largest absolute Gasteiger partial charge is 0.361 e. The van der Waals surface area contributed by atoms with Crippen molar-refractivity contribution in [2.75, 3.05) is 13.2 Å². The lowest BCUT2D eigenvalue weighted by atomic mass is 9.89. The summed E-state index contributed by atoms with van der Waals surface area (Å²) in [6.07, 6.45) is 3.07. The lowest BCUT2D eigenvalue weighted by molar-refractivity contribution is -0.140. The molecule has 2 saturated heterocycles. The number of rotatable bonds is 15. The van der Waals surface area contributed by atoms with Crippen LogP contribution >= 0.6 is 0 Å². The van der Waals surface area contributed by atoms with Crippen molar-refractivity contribution < 1.29 is 28.7 Å². The van der Waals surface area contributed by atoms with Crippen LogP contribution in [0.2, 0.25) is 0 Å². The van der Waals surface area contributed by atoms with Gasteiger partial charge in [-0.2, -0.15) is 0 Å². The predicted octanol–water partition coefficient (Wildman–Crippen LogP) is 3.44. The molecule has 0 aromatic heterocycles. The molecule has 2 aliphatic rings. The lowest BCUT2D eigenvalue weighted by Gasteiger charge is -2.27. The average Bonchev–Trinajstić information content (AvgIpc) is 3.43. The van der Waals surface area contributed by atoms with Gasteiger partial charge in [0.1, 0.15) is 11.4 Å². The molecule has 3 rings (SSSR count). The van der Waals surface area contributed by atoms with Crippen LogP contribution in [0.25, 0.3) is 0 Å². The van der Waals surface area contributed by atoms with E-state index in [2.05, 4.69) is 5.32 Å². The number of epoxide rings is 1. The number of nitrogens with zero attached hydrogens (tertiary/aromatic N) is 1. The Labute approximate surface area is 225 Å². The molecule has 2 aliphatic heterocycles. The number of hydrogen-bond donors (Lipinski definition) is 1. The molecule has 0 radical (unpaired) electrons. The Hall–Kier alpha value is -2.87. The van der Waals surface area contributed by atoms with E-state index >= 15 is 0 Å². The van der Waals surface area contributed by atoms with Crippen molar-refractivity contribution in [1.29, 1.82) is 0 Å². The SMILES string of the molecule is CC(=O)CCC(=O)N1CCC[C@H]1C(=O)C[C@@H](CCc1ccccc1)C(=O)N[C@@H](CC(C)C)C(=O)[C@@]1(C)CO1. The Kier molecular flexibility index (Phi) is 10.4. The van der Waals surface area contributed by atoms with Gasteiger partial charge in [-0.1, -0.05) is 44.2 Å². The van der Waals surface area contributed by atoms with E-state index in [0.717, 1.165) is 5.56 Å². The molecular weight excluding hydrogens is 484 g/mol. The van der Waals surface area contributed by atoms with Crippen molar-refractivity contribution in [2.24, 2.45) is 11.8 Å². The Morgan fingerprint density at radius 1 is 1.11 bits per heavy atom. The number of ketones is 3. The molecule has 8 heteroatoms. The van der Waals surface area contributed by atoms with Crippen molar-refractivity contribution in [3.63, 3.8) is 0 Å². The van der Waals surface area contributed by atoms with Gasteiger partial charge in [0.2, 0.25) is 11.8 Å². The summed E-state index contributed by atoms with van der Waals surface area (Å²) in [5.74, 6) is -1.29. The zero-order chi connectivity index (χ0) is 27.9. The van der Waals surface area contributed by atoms with E-state index in [9.17, 15) is 24.0 Å². The summed E-state index contributed by atoms with van der Waals surface area (Å²) < 4.78 is 5.36. The molecule has 38 heavy (non-hydrogen) atoms. The number of carbonyl (C=O) groups is 5. The molecule has 0 saturated carbocycles. The number of hydrogen-bond acceptors (Lipinski definition) is 6. The summed E-state index contributed by atoms with van der Waals surface area (Å²) in [6, 6.07) is 8.52. The Balaban J connectivity index is 1.73. The Morgan fingerprint density at radius 2 is 1.79 bits per heavy atom. The molecule has 0 spiro atoms. The fourth-order valence-corrected chi connectivity index (χ4v) is 5.13. The van der Waals surface area contributed by atoms with Crippen LogP contribution in [-0.2, 0) is 35.1 Å². The quantitative estimate of drug-likeness (QED) is 0.350. The van der Waals surface area contributed by atoms with Crippen LogP contribution in [0.1, 0.15) is 78.2 Å². The van der Waals surface area contributed by atoms with Crippen LogP contribution in [-0.4, -0.2) is 64.9 Å². The third kappa shape index (κ3) is 8.32. The first-order valence-corrected chi connectivity index (χ1v) is 13.8. The topological polar surface area (TPSA) is 113 Å². The molecule has 8 nitrogen and oxygen atoms in total. The second kappa shape index (κ2) is 13.3. The average molecular weight is 527 g/mol. The summed E-state index contributed by atoms with van der Waals surface area (Å²) in [5, 5.41) is 2.96. The summed E-state index contributed by atoms with van der Waals surface area (Å²) in [4.78, 5) is 65.8. The zero-order valence-electron chi connectivity index (χ0n) is 23.2. The molecular formula is C30H42N2O6. The van der Waals surface area contributed by atoms with Crippen LogP contribution in [0.5, 0.6) is 0 Å². The van der Waals surface area contributed by atoms with Gasteiger partial charge in [0.25, 0.3) is 0 Å². The summed E-state index contributed by atoms with van der Waals surface area (Å²) in [6.45, 7) is 8.01. The molecule has 2 fully saturated rings. The van der Waals surface area contributed by atoms with Crippen LogP contribution in [0, 0.1) is 11.8 Å². The fourth-order valence-electron chi connectivity index (χ4n) is 5.13. The molecule has 0 bridgehead atoms. The highest BCUT2D eigenvalue weighted by Gasteiger charge is 2.50. The number of nitrogens with one attached hydrogen (secondary N) is 1. The van der Waals surface area contributed by atoms with E-state index < -0.39 is 23.6 Å². The van der Waals surface area contributed by atoms with Gasteiger partial charge >= 0.3 is 0 Å². The van der Waals surface area contributed by atoms with E-state index in [-0.39, 0.29) is 54.3 Å². The highest BCUT2D eigenvalue weighted by atomic mass is 16.6. The van der Waals surface area contributed by atoms with Crippen molar-refractivity contribution >= 4 is 29.2 Å². The maximum absolute atomic E-state index is 13.6. The van der Waals surface area contributed by atoms with Crippen molar-refractivity contribution in [2.45, 2.75) is 96.7 Å². The van der Waals surface area contributed by atoms with Gasteiger partial charge in [-0.05, 0) is 57.4 Å². The molecule has 208 valence electrons. The second-order valence-corrected chi connectivity index (χ2v) is 11.4. The molecule has 1 aromatic carbocycles. The maximum Gasteiger partial charge on any atom is 0.224 e. The van der Waals surface area contributed by atoms with Crippen LogP contribution in [0.15, 0.2) is 30.3 Å². The van der Waals surface area contributed by atoms with Crippen LogP contribution < -0.4 is 5.32 Å². The Morgan fingerprint density at radius 3 is 2.39 bits per heavy atom. The summed E-state index contributed by atoms with van der Waals surface area (Å²) in [7, 11) is 0. The lowest BCUT2D eigenvalue weighted by Crippen LogP contribution is -2.49. The standard InChI is InChI=1S/C30H42N2O6/c1-20(2)17-24(28(36)30(4)19-38-30)31-29(37)23(14-13-22-9-6-5-7-10-22)18-26(34)25-11-8-16-32(25)27(35)15-12-21(3)33/h5-7,9-10,20,23-25H,8,11-19H2,1-4H3,(H,31,37)/t23-,24+,25+,30-/m1/s1. The number of likely N-dealkylation sites (tertiary alicyclic amines) is 1. The molecule has 2 heterocycles. The number of amides is 2. The third-order valence-corrected chi connectivity index (χ3v) is 7.52. The molecule has 0 unspecified atom stereocenters. The summed E-state index contributed by atoms with van der Waals surface area (Å²) in [5.41, 5.74) is 0.209. The van der Waals surface area contributed by atoms with E-state index in [1.807, 2.05) is 44.2 Å². The van der Waals surface area contributed by atoms with Gasteiger partial charge in [0.15, 0.2) is 11.6 Å². The smallest absolute Gasteiger partial charge is 0.224 e. The van der Waals surface area contributed by atoms with E-state index in [1.165, 1.54) is 6.92 Å². The van der Waals surface area contributed by atoms with Crippen molar-refractivity contribution in [3.8, 4) is 0 Å². The van der Waals surface area contributed by atoms with Gasteiger partial charge in [-0.25, -0.2) is 0 Å². The second-order valence-electron chi connectivity index (χ2n) is 11.4. The normalized spacial score (nSPS) is 22.1. The number of ether oxygens (including phenoxy) is 1. The van der Waals surface area contributed by atoms with Crippen molar-refractivity contribution in [3.05, 3.63) is 35.9 Å². The van der Waals surface area contributed by atoms with E-state index in [1.54, 1.807) is 11.8 Å². The number of benzene rings is 1. The van der Waals surface area contributed by atoms with Gasteiger partial charge in [-0.15, -0.1) is 0 Å². The number of Topliss-reactive ketones (excluding diaryl/α,β-unsaturated/α-hetero) is 3. The minimum Gasteiger partial charge on any atom is -0.361 e. The van der Waals surface area contributed by atoms with Crippen molar-refractivity contribution in [1.82, 2.24) is 10.2 Å². The number of carbonyl (C=O) groups excluding carboxylic acids is 5. The summed E-state index contributed by atoms with van der Waals surface area (Å²) >= 11 is 0. The maximum atomic E-state index is 13.6. The first-order valence-electron chi connectivity index (χ1n) is 13.8. The number of aryl methyl sites for hydroxylation is 1. The molecule has 1 N–H and O–H groups in total. The minimum absolute atomic E-state index is 0.00379. The first kappa shape index (κ1) is 29.7. The molecule has 1 aromatic rings. The van der Waals surface area contributed by atoms with Crippen LogP contribution in [0.4, 0.5) is 0 Å². The van der Waals surface area contributed by atoms with Crippen LogP contribution in [0.3, 0.4) is 0 Å². The zero-order valence-corrected chi connectivity index (χ0v) is 23.2.